The first-order chi connectivity index (χ1) is 14.8. The summed E-state index contributed by atoms with van der Waals surface area (Å²) in [5.41, 5.74) is 0.670. The van der Waals surface area contributed by atoms with Gasteiger partial charge in [0.25, 0.3) is 15.9 Å². The molecular weight excluding hydrogens is 479 g/mol. The molecule has 0 saturated carbocycles. The Balaban J connectivity index is 1.47. The molecule has 1 aliphatic rings. The highest BCUT2D eigenvalue weighted by Crippen LogP contribution is 2.27. The van der Waals surface area contributed by atoms with Gasteiger partial charge in [0.1, 0.15) is 4.90 Å². The molecule has 0 aliphatic carbocycles. The number of hydrogen-bond donors (Lipinski definition) is 1. The van der Waals surface area contributed by atoms with Crippen molar-refractivity contribution >= 4 is 61.3 Å². The van der Waals surface area contributed by atoms with Gasteiger partial charge in [-0.05, 0) is 36.4 Å². The van der Waals surface area contributed by atoms with E-state index in [0.717, 1.165) is 5.13 Å². The van der Waals surface area contributed by atoms with Crippen LogP contribution in [0.15, 0.2) is 58.9 Å². The topological polar surface area (TPSA) is 82.6 Å². The lowest BCUT2D eigenvalue weighted by Gasteiger charge is -2.34. The van der Waals surface area contributed by atoms with Crippen LogP contribution in [0.2, 0.25) is 10.0 Å². The van der Waals surface area contributed by atoms with Crippen molar-refractivity contribution in [2.75, 3.05) is 35.8 Å². The molecule has 0 atom stereocenters. The Bertz CT molecular complexity index is 1190. The van der Waals surface area contributed by atoms with Gasteiger partial charge in [-0.1, -0.05) is 29.3 Å². The second-order valence-electron chi connectivity index (χ2n) is 6.85. The summed E-state index contributed by atoms with van der Waals surface area (Å²) in [5, 5.41) is 3.19. The third-order valence-corrected chi connectivity index (χ3v) is 7.73. The van der Waals surface area contributed by atoms with Crippen molar-refractivity contribution in [2.24, 2.45) is 0 Å². The van der Waals surface area contributed by atoms with E-state index in [1.54, 1.807) is 40.6 Å². The van der Waals surface area contributed by atoms with Gasteiger partial charge in [0.2, 0.25) is 0 Å². The molecule has 7 nitrogen and oxygen atoms in total. The first kappa shape index (κ1) is 21.9. The van der Waals surface area contributed by atoms with E-state index in [9.17, 15) is 13.2 Å². The summed E-state index contributed by atoms with van der Waals surface area (Å²) in [4.78, 5) is 21.0. The average molecular weight is 497 g/mol. The number of amides is 1. The molecule has 31 heavy (non-hydrogen) atoms. The zero-order valence-electron chi connectivity index (χ0n) is 16.2. The van der Waals surface area contributed by atoms with E-state index in [4.69, 9.17) is 23.2 Å². The molecule has 1 aromatic heterocycles. The van der Waals surface area contributed by atoms with Gasteiger partial charge in [0.15, 0.2) is 5.13 Å². The number of nitrogens with zero attached hydrogens (tertiary/aromatic N) is 3. The molecule has 2 heterocycles. The fourth-order valence-electron chi connectivity index (χ4n) is 3.26. The fraction of sp³-hybridized carbons (Fsp3) is 0.200. The number of carbonyl (C=O) groups is 1. The van der Waals surface area contributed by atoms with E-state index >= 15 is 0 Å². The summed E-state index contributed by atoms with van der Waals surface area (Å²) < 4.78 is 28.0. The highest BCUT2D eigenvalue weighted by atomic mass is 35.5. The number of carbonyl (C=O) groups excluding carboxylic acids is 1. The molecule has 3 aromatic rings. The molecule has 1 fully saturated rings. The van der Waals surface area contributed by atoms with E-state index < -0.39 is 10.0 Å². The number of nitrogens with one attached hydrogen (secondary N) is 1. The van der Waals surface area contributed by atoms with E-state index in [1.165, 1.54) is 24.3 Å². The summed E-state index contributed by atoms with van der Waals surface area (Å²) in [6.07, 6.45) is 1.76. The molecule has 0 radical (unpaired) electrons. The Labute approximate surface area is 194 Å². The van der Waals surface area contributed by atoms with Gasteiger partial charge >= 0.3 is 0 Å². The number of thiazole rings is 1. The third kappa shape index (κ3) is 4.95. The lowest BCUT2D eigenvalue weighted by Crippen LogP contribution is -2.48. The van der Waals surface area contributed by atoms with Crippen molar-refractivity contribution in [2.45, 2.75) is 4.90 Å². The van der Waals surface area contributed by atoms with Crippen molar-refractivity contribution in [1.29, 1.82) is 0 Å². The summed E-state index contributed by atoms with van der Waals surface area (Å²) >= 11 is 13.5. The zero-order valence-corrected chi connectivity index (χ0v) is 19.3. The van der Waals surface area contributed by atoms with Gasteiger partial charge < -0.3 is 9.80 Å². The molecule has 0 bridgehead atoms. The minimum absolute atomic E-state index is 0.0576. The number of hydrogen-bond acceptors (Lipinski definition) is 6. The van der Waals surface area contributed by atoms with Crippen LogP contribution in [0.4, 0.5) is 10.8 Å². The molecule has 2 aromatic carbocycles. The van der Waals surface area contributed by atoms with Crippen LogP contribution in [-0.2, 0) is 10.0 Å². The summed E-state index contributed by atoms with van der Waals surface area (Å²) in [5.74, 6) is -0.152. The van der Waals surface area contributed by atoms with Crippen molar-refractivity contribution in [3.05, 3.63) is 69.7 Å². The Morgan fingerprint density at radius 1 is 1.06 bits per heavy atom. The van der Waals surface area contributed by atoms with Crippen molar-refractivity contribution in [3.63, 3.8) is 0 Å². The third-order valence-electron chi connectivity index (χ3n) is 4.80. The summed E-state index contributed by atoms with van der Waals surface area (Å²) in [7, 11) is -3.97. The van der Waals surface area contributed by atoms with E-state index in [0.29, 0.717) is 31.7 Å². The van der Waals surface area contributed by atoms with E-state index in [1.807, 2.05) is 5.38 Å². The highest BCUT2D eigenvalue weighted by Gasteiger charge is 2.24. The second-order valence-corrected chi connectivity index (χ2v) is 10.2. The molecule has 11 heteroatoms. The maximum Gasteiger partial charge on any atom is 0.263 e. The number of aromatic nitrogens is 1. The standard InChI is InChI=1S/C20H18Cl2N4O3S2/c21-15-4-5-17(22)18(13-15)31(28,29)24-16-3-1-2-14(12-16)19(27)25-7-9-26(10-8-25)20-23-6-11-30-20/h1-6,11-13,24H,7-10H2. The van der Waals surface area contributed by atoms with Crippen molar-refractivity contribution < 1.29 is 13.2 Å². The molecule has 162 valence electrons. The molecule has 1 amide bonds. The molecule has 1 saturated heterocycles. The van der Waals surface area contributed by atoms with Gasteiger partial charge in [-0.2, -0.15) is 0 Å². The van der Waals surface area contributed by atoms with Crippen molar-refractivity contribution in [3.8, 4) is 0 Å². The molecule has 1 aliphatic heterocycles. The zero-order chi connectivity index (χ0) is 22.0. The van der Waals surface area contributed by atoms with Gasteiger partial charge in [-0.15, -0.1) is 11.3 Å². The number of sulfonamides is 1. The Hall–Kier alpha value is -2.33. The van der Waals surface area contributed by atoms with Crippen LogP contribution in [0.3, 0.4) is 0 Å². The lowest BCUT2D eigenvalue weighted by atomic mass is 10.1. The molecule has 1 N–H and O–H groups in total. The first-order valence-corrected chi connectivity index (χ1v) is 12.5. The van der Waals surface area contributed by atoms with Crippen LogP contribution in [0.5, 0.6) is 0 Å². The number of rotatable bonds is 5. The summed E-state index contributed by atoms with van der Waals surface area (Å²) in [6, 6.07) is 10.6. The van der Waals surface area contributed by atoms with Crippen LogP contribution in [0, 0.1) is 0 Å². The molecule has 0 spiro atoms. The molecule has 4 rings (SSSR count). The maximum atomic E-state index is 13.0. The van der Waals surface area contributed by atoms with Crippen LogP contribution in [0.25, 0.3) is 0 Å². The predicted octanol–water partition coefficient (Wildman–Crippen LogP) is 4.21. The number of halogens is 2. The predicted molar refractivity (Wildman–Crippen MR) is 124 cm³/mol. The molecule has 0 unspecified atom stereocenters. The van der Waals surface area contributed by atoms with Gasteiger partial charge in [0.05, 0.1) is 5.02 Å². The van der Waals surface area contributed by atoms with Crippen LogP contribution >= 0.6 is 34.5 Å². The van der Waals surface area contributed by atoms with Gasteiger partial charge in [-0.25, -0.2) is 13.4 Å². The number of anilines is 2. The Kier molecular flexibility index (Phi) is 6.38. The van der Waals surface area contributed by atoms with Gasteiger partial charge in [0, 0.05) is 54.0 Å². The number of piperazine rings is 1. The smallest absolute Gasteiger partial charge is 0.263 e. The van der Waals surface area contributed by atoms with E-state index in [2.05, 4.69) is 14.6 Å². The minimum Gasteiger partial charge on any atom is -0.345 e. The fourth-order valence-corrected chi connectivity index (χ4v) is 5.77. The molecular formula is C20H18Cl2N4O3S2. The summed E-state index contributed by atoms with van der Waals surface area (Å²) in [6.45, 7) is 2.51. The quantitative estimate of drug-likeness (QED) is 0.571. The van der Waals surface area contributed by atoms with Crippen molar-refractivity contribution in [1.82, 2.24) is 9.88 Å². The van der Waals surface area contributed by atoms with E-state index in [-0.39, 0.29) is 26.5 Å². The average Bonchev–Trinajstić information content (AvgIpc) is 3.30. The normalized spacial score (nSPS) is 14.5. The Morgan fingerprint density at radius 2 is 1.84 bits per heavy atom. The highest BCUT2D eigenvalue weighted by molar-refractivity contribution is 7.92. The van der Waals surface area contributed by atoms with Crippen LogP contribution in [-0.4, -0.2) is 50.4 Å². The second kappa shape index (κ2) is 9.04. The first-order valence-electron chi connectivity index (χ1n) is 9.35. The SMILES string of the molecule is O=C(c1cccc(NS(=O)(=O)c2cc(Cl)ccc2Cl)c1)N1CCN(c2nccs2)CC1. The Morgan fingerprint density at radius 3 is 2.55 bits per heavy atom. The minimum atomic E-state index is -3.97. The number of benzene rings is 2. The van der Waals surface area contributed by atoms with Gasteiger partial charge in [-0.3, -0.25) is 9.52 Å². The monoisotopic (exact) mass is 496 g/mol. The largest absolute Gasteiger partial charge is 0.345 e. The lowest BCUT2D eigenvalue weighted by molar-refractivity contribution is 0.0747. The van der Waals surface area contributed by atoms with Crippen LogP contribution < -0.4 is 9.62 Å². The van der Waals surface area contributed by atoms with Crippen LogP contribution in [0.1, 0.15) is 10.4 Å². The maximum absolute atomic E-state index is 13.0.